The molecule has 5 heavy (non-hydrogen) atoms. The minimum absolute atomic E-state index is 0. The third-order valence-electron chi connectivity index (χ3n) is 0.289. The number of hydrogen-bond donors (Lipinski definition) is 0. The molecular weight excluding hydrogens is 99.1 g/mol. The minimum Gasteiger partial charge on any atom is -0.428 e. The summed E-state index contributed by atoms with van der Waals surface area (Å²) in [5.74, 6) is 0. The van der Waals surface area contributed by atoms with Gasteiger partial charge >= 0.3 is 0 Å². The Morgan fingerprint density at radius 2 is 2.00 bits per heavy atom. The van der Waals surface area contributed by atoms with Gasteiger partial charge in [-0.1, -0.05) is 0 Å². The van der Waals surface area contributed by atoms with Crippen LogP contribution in [-0.4, -0.2) is 17.1 Å². The Bertz CT molecular complexity index is 11.6. The highest BCUT2D eigenvalue weighted by molar-refractivity contribution is 6.92. The van der Waals surface area contributed by atoms with Crippen molar-refractivity contribution in [2.24, 2.45) is 0 Å². The van der Waals surface area contributed by atoms with Gasteiger partial charge in [-0.05, 0) is 6.92 Å². The molecule has 0 heterocycles. The molecule has 34 valence electrons. The largest absolute Gasteiger partial charge is 0.428 e. The van der Waals surface area contributed by atoms with Crippen LogP contribution in [0, 0.1) is 0 Å². The molecule has 1 atom stereocenters. The maximum atomic E-state index is 4.68. The first kappa shape index (κ1) is 9.15. The lowest BCUT2D eigenvalue weighted by Gasteiger charge is -1.77. The average molecular weight is 110 g/mol. The van der Waals surface area contributed by atoms with Crippen LogP contribution in [-0.2, 0) is 4.43 Å². The van der Waals surface area contributed by atoms with Gasteiger partial charge < -0.3 is 4.43 Å². The van der Waals surface area contributed by atoms with Gasteiger partial charge in [-0.3, -0.25) is 0 Å². The Balaban J connectivity index is 0. The monoisotopic (exact) mass is 110 g/mol. The van der Waals surface area contributed by atoms with E-state index in [1.807, 2.05) is 6.92 Å². The minimum atomic E-state index is 0. The molecule has 0 saturated heterocycles. The average Bonchev–Trinajstić information content (AvgIpc) is 1.37. The van der Waals surface area contributed by atoms with E-state index in [1.54, 1.807) is 0 Å². The molecule has 0 radical (unpaired) electrons. The molecule has 0 aromatic rings. The second kappa shape index (κ2) is 8.82. The van der Waals surface area contributed by atoms with Crippen molar-refractivity contribution < 1.29 is 4.43 Å². The van der Waals surface area contributed by atoms with E-state index in [9.17, 15) is 0 Å². The van der Waals surface area contributed by atoms with Gasteiger partial charge in [0.1, 0.15) is 10.5 Å². The van der Waals surface area contributed by atoms with Gasteiger partial charge in [-0.15, -0.1) is 0 Å². The third kappa shape index (κ3) is 12.1. The van der Waals surface area contributed by atoms with Crippen molar-refractivity contribution in [3.8, 4) is 0 Å². The summed E-state index contributed by atoms with van der Waals surface area (Å²) >= 11 is 0. The van der Waals surface area contributed by atoms with E-state index >= 15 is 0 Å². The topological polar surface area (TPSA) is 9.23 Å². The van der Waals surface area contributed by atoms with Crippen molar-refractivity contribution in [3.05, 3.63) is 0 Å². The molecule has 0 N–H and O–H groups in total. The van der Waals surface area contributed by atoms with Crippen molar-refractivity contribution >= 4 is 20.4 Å². The van der Waals surface area contributed by atoms with E-state index in [0.717, 1.165) is 17.1 Å². The standard InChI is InChI=1S/C2H8OSi.H3P/c1-2-3-4;/h2H2,1,4H3;1H3. The molecule has 3 heteroatoms. The van der Waals surface area contributed by atoms with Crippen LogP contribution in [0.2, 0.25) is 0 Å². The quantitative estimate of drug-likeness (QED) is 0.322. The first-order chi connectivity index (χ1) is 1.91. The molecule has 0 saturated carbocycles. The van der Waals surface area contributed by atoms with Crippen molar-refractivity contribution in [1.29, 1.82) is 0 Å². The molecule has 0 bridgehead atoms. The van der Waals surface area contributed by atoms with E-state index in [1.165, 1.54) is 0 Å². The second-order valence-corrected chi connectivity index (χ2v) is 1.15. The molecule has 0 aliphatic carbocycles. The van der Waals surface area contributed by atoms with Crippen molar-refractivity contribution in [2.75, 3.05) is 6.61 Å². The van der Waals surface area contributed by atoms with E-state index in [4.69, 9.17) is 0 Å². The zero-order chi connectivity index (χ0) is 3.41. The number of hydrogen-bond acceptors (Lipinski definition) is 1. The fraction of sp³-hybridized carbons (Fsp3) is 1.00. The summed E-state index contributed by atoms with van der Waals surface area (Å²) < 4.78 is 4.68. The zero-order valence-corrected chi connectivity index (χ0v) is 7.24. The molecule has 1 unspecified atom stereocenters. The Morgan fingerprint density at radius 1 is 1.80 bits per heavy atom. The lowest BCUT2D eigenvalue weighted by molar-refractivity contribution is 0.375. The summed E-state index contributed by atoms with van der Waals surface area (Å²) in [4.78, 5) is 0. The Labute approximate surface area is 39.3 Å². The fourth-order valence-electron chi connectivity index (χ4n) is 0. The Kier molecular flexibility index (Phi) is 16.1. The van der Waals surface area contributed by atoms with Gasteiger partial charge in [0.25, 0.3) is 0 Å². The highest BCUT2D eigenvalue weighted by Gasteiger charge is 1.51. The fourth-order valence-corrected chi connectivity index (χ4v) is 0. The van der Waals surface area contributed by atoms with Gasteiger partial charge in [0.05, 0.1) is 0 Å². The van der Waals surface area contributed by atoms with E-state index < -0.39 is 0 Å². The van der Waals surface area contributed by atoms with Gasteiger partial charge in [0, 0.05) is 6.61 Å². The Hall–Kier alpha value is 0.607. The molecule has 0 aliphatic heterocycles. The van der Waals surface area contributed by atoms with Crippen LogP contribution in [0.25, 0.3) is 0 Å². The summed E-state index contributed by atoms with van der Waals surface area (Å²) in [6, 6.07) is 0. The summed E-state index contributed by atoms with van der Waals surface area (Å²) in [6.07, 6.45) is 0. The van der Waals surface area contributed by atoms with Gasteiger partial charge in [-0.25, -0.2) is 0 Å². The highest BCUT2D eigenvalue weighted by atomic mass is 31.0. The highest BCUT2D eigenvalue weighted by Crippen LogP contribution is 1.50. The Morgan fingerprint density at radius 3 is 2.00 bits per heavy atom. The lowest BCUT2D eigenvalue weighted by atomic mass is 10.9. The SMILES string of the molecule is CCO[SiH3].P. The third-order valence-corrected chi connectivity index (χ3v) is 0.866. The van der Waals surface area contributed by atoms with Crippen LogP contribution in [0.3, 0.4) is 0 Å². The van der Waals surface area contributed by atoms with E-state index in [-0.39, 0.29) is 9.90 Å². The van der Waals surface area contributed by atoms with Gasteiger partial charge in [0.2, 0.25) is 0 Å². The van der Waals surface area contributed by atoms with Crippen LogP contribution in [0.15, 0.2) is 0 Å². The molecule has 0 amide bonds. The summed E-state index contributed by atoms with van der Waals surface area (Å²) in [7, 11) is 0.890. The number of rotatable bonds is 1. The van der Waals surface area contributed by atoms with Crippen LogP contribution >= 0.6 is 9.90 Å². The van der Waals surface area contributed by atoms with Crippen LogP contribution in [0.4, 0.5) is 0 Å². The second-order valence-electron chi connectivity index (χ2n) is 0.577. The summed E-state index contributed by atoms with van der Waals surface area (Å²) in [6.45, 7) is 2.87. The smallest absolute Gasteiger partial charge is 0.145 e. The normalized spacial score (nSPS) is 6.60. The first-order valence-corrected chi connectivity index (χ1v) is 2.22. The predicted octanol–water partition coefficient (Wildman–Crippen LogP) is -0.639. The first-order valence-electron chi connectivity index (χ1n) is 1.40. The summed E-state index contributed by atoms with van der Waals surface area (Å²) in [5, 5.41) is 0. The zero-order valence-electron chi connectivity index (χ0n) is 3.82. The van der Waals surface area contributed by atoms with Crippen molar-refractivity contribution in [2.45, 2.75) is 6.92 Å². The van der Waals surface area contributed by atoms with Gasteiger partial charge in [0.15, 0.2) is 0 Å². The van der Waals surface area contributed by atoms with Crippen molar-refractivity contribution in [1.82, 2.24) is 0 Å². The molecule has 0 aliphatic rings. The molecule has 0 spiro atoms. The lowest BCUT2D eigenvalue weighted by Crippen LogP contribution is -1.76. The molecule has 0 aromatic heterocycles. The summed E-state index contributed by atoms with van der Waals surface area (Å²) in [5.41, 5.74) is 0. The predicted molar refractivity (Wildman–Crippen MR) is 32.7 cm³/mol. The van der Waals surface area contributed by atoms with E-state index in [0.29, 0.717) is 0 Å². The molecule has 0 fully saturated rings. The molecular formula is C2H11OPSi. The maximum absolute atomic E-state index is 4.68. The van der Waals surface area contributed by atoms with E-state index in [2.05, 4.69) is 4.43 Å². The molecule has 0 rings (SSSR count). The van der Waals surface area contributed by atoms with Crippen LogP contribution in [0.1, 0.15) is 6.92 Å². The van der Waals surface area contributed by atoms with Crippen LogP contribution in [0.5, 0.6) is 0 Å². The van der Waals surface area contributed by atoms with Crippen molar-refractivity contribution in [3.63, 3.8) is 0 Å². The molecule has 1 nitrogen and oxygen atoms in total. The van der Waals surface area contributed by atoms with Gasteiger partial charge in [-0.2, -0.15) is 9.90 Å². The van der Waals surface area contributed by atoms with Crippen LogP contribution < -0.4 is 0 Å². The maximum Gasteiger partial charge on any atom is 0.145 e. The molecule has 0 aromatic carbocycles.